The minimum atomic E-state index is -3.87. The fourth-order valence-corrected chi connectivity index (χ4v) is 3.63. The van der Waals surface area contributed by atoms with Crippen molar-refractivity contribution >= 4 is 9.84 Å². The molecule has 0 aliphatic rings. The third-order valence-corrected chi connectivity index (χ3v) is 5.34. The van der Waals surface area contributed by atoms with Crippen molar-refractivity contribution in [2.45, 2.75) is 17.2 Å². The molecule has 120 valence electrons. The highest BCUT2D eigenvalue weighted by Crippen LogP contribution is 2.37. The maximum atomic E-state index is 12.8. The zero-order valence-electron chi connectivity index (χ0n) is 13.1. The zero-order chi connectivity index (χ0) is 17.0. The number of nitrogens with zero attached hydrogens (tertiary/aromatic N) is 1. The first-order valence-electron chi connectivity index (χ1n) is 6.83. The maximum Gasteiger partial charge on any atom is 0.353 e. The molecule has 2 aromatic carbocycles. The topological polar surface area (TPSA) is 57.0 Å². The second kappa shape index (κ2) is 6.71. The van der Waals surface area contributed by atoms with E-state index in [9.17, 15) is 8.42 Å². The molecule has 0 N–H and O–H groups in total. The van der Waals surface area contributed by atoms with Gasteiger partial charge < -0.3 is 9.47 Å². The van der Waals surface area contributed by atoms with Crippen molar-refractivity contribution in [3.8, 4) is 11.5 Å². The van der Waals surface area contributed by atoms with Crippen LogP contribution in [0.3, 0.4) is 0 Å². The molecule has 0 saturated heterocycles. The van der Waals surface area contributed by atoms with Gasteiger partial charge in [0.1, 0.15) is 11.5 Å². The lowest BCUT2D eigenvalue weighted by atomic mass is 10.2. The van der Waals surface area contributed by atoms with Gasteiger partial charge >= 0.3 is 5.37 Å². The van der Waals surface area contributed by atoms with Crippen LogP contribution < -0.4 is 9.47 Å². The summed E-state index contributed by atoms with van der Waals surface area (Å²) in [4.78, 5) is 3.44. The molecule has 5 nitrogen and oxygen atoms in total. The van der Waals surface area contributed by atoms with Crippen LogP contribution in [0.4, 0.5) is 0 Å². The molecule has 0 amide bonds. The van der Waals surface area contributed by atoms with Crippen LogP contribution in [-0.4, -0.2) is 22.6 Å². The highest BCUT2D eigenvalue weighted by molar-refractivity contribution is 7.91. The van der Waals surface area contributed by atoms with E-state index < -0.39 is 15.2 Å². The molecule has 0 saturated carbocycles. The summed E-state index contributed by atoms with van der Waals surface area (Å²) < 4.78 is 36.0. The van der Waals surface area contributed by atoms with E-state index >= 15 is 0 Å². The van der Waals surface area contributed by atoms with Crippen LogP contribution in [0, 0.1) is 13.5 Å². The predicted octanol–water partition coefficient (Wildman–Crippen LogP) is 3.40. The Labute approximate surface area is 136 Å². The number of hydrogen-bond donors (Lipinski definition) is 0. The summed E-state index contributed by atoms with van der Waals surface area (Å²) in [5.41, 5.74) is 1.21. The van der Waals surface area contributed by atoms with E-state index in [0.29, 0.717) is 11.5 Å². The van der Waals surface area contributed by atoms with Crippen molar-refractivity contribution in [3.63, 3.8) is 0 Å². The third kappa shape index (κ3) is 3.30. The van der Waals surface area contributed by atoms with Gasteiger partial charge in [0.25, 0.3) is 9.84 Å². The van der Waals surface area contributed by atoms with E-state index in [-0.39, 0.29) is 10.5 Å². The van der Waals surface area contributed by atoms with E-state index in [1.165, 1.54) is 32.4 Å². The second-order valence-electron chi connectivity index (χ2n) is 4.95. The van der Waals surface area contributed by atoms with E-state index in [2.05, 4.69) is 4.85 Å². The fraction of sp³-hybridized carbons (Fsp3) is 0.235. The monoisotopic (exact) mass is 331 g/mol. The summed E-state index contributed by atoms with van der Waals surface area (Å²) in [6.07, 6.45) is 0. The van der Waals surface area contributed by atoms with Crippen molar-refractivity contribution < 1.29 is 17.9 Å². The van der Waals surface area contributed by atoms with Crippen LogP contribution in [0.5, 0.6) is 11.5 Å². The van der Waals surface area contributed by atoms with Gasteiger partial charge in [0.05, 0.1) is 24.7 Å². The quantitative estimate of drug-likeness (QED) is 0.788. The molecule has 0 radical (unpaired) electrons. The van der Waals surface area contributed by atoms with Gasteiger partial charge in [-0.15, -0.1) is 0 Å². The number of benzene rings is 2. The largest absolute Gasteiger partial charge is 0.497 e. The Bertz CT molecular complexity index is 836. The first kappa shape index (κ1) is 16.8. The Morgan fingerprint density at radius 3 is 2.22 bits per heavy atom. The molecule has 0 aliphatic heterocycles. The van der Waals surface area contributed by atoms with Gasteiger partial charge in [-0.05, 0) is 37.3 Å². The fourth-order valence-electron chi connectivity index (χ4n) is 2.20. The number of methoxy groups -OCH3 is 2. The summed E-state index contributed by atoms with van der Waals surface area (Å²) in [7, 11) is -0.954. The molecule has 6 heteroatoms. The Hall–Kier alpha value is -2.52. The molecule has 0 aliphatic carbocycles. The standard InChI is InChI=1S/C17H17NO4S/c1-12-5-8-14(9-6-12)23(19,20)17(18-2)15-11-13(21-3)7-10-16(15)22-4/h5-11,17H,1,3-4H3. The lowest BCUT2D eigenvalue weighted by molar-refractivity contribution is 0.399. The van der Waals surface area contributed by atoms with Crippen molar-refractivity contribution in [2.24, 2.45) is 0 Å². The summed E-state index contributed by atoms with van der Waals surface area (Å²) in [5.74, 6) is 0.802. The molecule has 0 spiro atoms. The number of sulfone groups is 1. The minimum absolute atomic E-state index is 0.106. The summed E-state index contributed by atoms with van der Waals surface area (Å²) >= 11 is 0. The maximum absolute atomic E-state index is 12.8. The number of hydrogen-bond acceptors (Lipinski definition) is 4. The van der Waals surface area contributed by atoms with E-state index in [4.69, 9.17) is 16.0 Å². The minimum Gasteiger partial charge on any atom is -0.497 e. The third-order valence-electron chi connectivity index (χ3n) is 3.46. The van der Waals surface area contributed by atoms with E-state index in [1.54, 1.807) is 24.3 Å². The Balaban J connectivity index is 2.59. The average molecular weight is 331 g/mol. The molecular formula is C17H17NO4S. The normalized spacial score (nSPS) is 12.3. The van der Waals surface area contributed by atoms with Gasteiger partial charge in [0, 0.05) is 0 Å². The van der Waals surface area contributed by atoms with Gasteiger partial charge in [-0.3, -0.25) is 4.85 Å². The Morgan fingerprint density at radius 2 is 1.70 bits per heavy atom. The lowest BCUT2D eigenvalue weighted by Crippen LogP contribution is -2.12. The van der Waals surface area contributed by atoms with Gasteiger partial charge in [-0.25, -0.2) is 15.0 Å². The molecule has 0 fully saturated rings. The summed E-state index contributed by atoms with van der Waals surface area (Å²) in [6.45, 7) is 9.26. The SMILES string of the molecule is [C-]#[N+]C(c1cc(OC)ccc1OC)S(=O)(=O)c1ccc(C)cc1. The van der Waals surface area contributed by atoms with Crippen LogP contribution in [0.2, 0.25) is 0 Å². The van der Waals surface area contributed by atoms with Gasteiger partial charge in [0.15, 0.2) is 0 Å². The molecule has 0 heterocycles. The van der Waals surface area contributed by atoms with Gasteiger partial charge in [0.2, 0.25) is 0 Å². The molecular weight excluding hydrogens is 314 g/mol. The molecule has 23 heavy (non-hydrogen) atoms. The lowest BCUT2D eigenvalue weighted by Gasteiger charge is -2.13. The average Bonchev–Trinajstić information content (AvgIpc) is 2.55. The van der Waals surface area contributed by atoms with Gasteiger partial charge in [-0.2, -0.15) is 0 Å². The first-order chi connectivity index (χ1) is 10.9. The van der Waals surface area contributed by atoms with Crippen LogP contribution in [0.1, 0.15) is 16.5 Å². The smallest absolute Gasteiger partial charge is 0.353 e. The molecule has 0 aromatic heterocycles. The van der Waals surface area contributed by atoms with Crippen molar-refractivity contribution in [2.75, 3.05) is 14.2 Å². The van der Waals surface area contributed by atoms with Crippen LogP contribution in [-0.2, 0) is 9.84 Å². The zero-order valence-corrected chi connectivity index (χ0v) is 13.9. The molecule has 1 atom stereocenters. The summed E-state index contributed by atoms with van der Waals surface area (Å²) in [5, 5.41) is -1.39. The van der Waals surface area contributed by atoms with E-state index in [0.717, 1.165) is 5.56 Å². The van der Waals surface area contributed by atoms with Crippen molar-refractivity contribution in [1.29, 1.82) is 0 Å². The van der Waals surface area contributed by atoms with Crippen molar-refractivity contribution in [1.82, 2.24) is 0 Å². The Kier molecular flexibility index (Phi) is 4.92. The molecule has 2 rings (SSSR count). The summed E-state index contributed by atoms with van der Waals surface area (Å²) in [6, 6.07) is 11.2. The van der Waals surface area contributed by atoms with E-state index in [1.807, 2.05) is 6.92 Å². The first-order valence-corrected chi connectivity index (χ1v) is 8.37. The number of ether oxygens (including phenoxy) is 2. The highest BCUT2D eigenvalue weighted by atomic mass is 32.2. The number of rotatable bonds is 5. The van der Waals surface area contributed by atoms with Crippen molar-refractivity contribution in [3.05, 3.63) is 65.0 Å². The predicted molar refractivity (Wildman–Crippen MR) is 87.3 cm³/mol. The molecule has 2 aromatic rings. The highest BCUT2D eigenvalue weighted by Gasteiger charge is 2.37. The van der Waals surface area contributed by atoms with Crippen LogP contribution in [0.15, 0.2) is 47.4 Å². The van der Waals surface area contributed by atoms with Crippen LogP contribution >= 0.6 is 0 Å². The second-order valence-corrected chi connectivity index (χ2v) is 6.96. The van der Waals surface area contributed by atoms with Crippen LogP contribution in [0.25, 0.3) is 4.85 Å². The number of aryl methyl sites for hydroxylation is 1. The Morgan fingerprint density at radius 1 is 1.04 bits per heavy atom. The van der Waals surface area contributed by atoms with Gasteiger partial charge in [-0.1, -0.05) is 17.7 Å². The molecule has 0 bridgehead atoms. The molecule has 1 unspecified atom stereocenters.